The number of carbonyl (C=O) groups excluding carboxylic acids is 1. The first-order valence-electron chi connectivity index (χ1n) is 7.48. The van der Waals surface area contributed by atoms with Crippen LogP contribution in [0.15, 0.2) is 0 Å². The molecule has 0 unspecified atom stereocenters. The van der Waals surface area contributed by atoms with Crippen LogP contribution in [0.5, 0.6) is 0 Å². The lowest BCUT2D eigenvalue weighted by Crippen LogP contribution is -2.03. The number of hydrogen-bond donors (Lipinski definition) is 0. The summed E-state index contributed by atoms with van der Waals surface area (Å²) in [6.45, 7) is 7.76. The van der Waals surface area contributed by atoms with Gasteiger partial charge >= 0.3 is 0 Å². The maximum absolute atomic E-state index is 10.2. The minimum atomic E-state index is 0.343. The van der Waals surface area contributed by atoms with Crippen molar-refractivity contribution in [3.05, 3.63) is 0 Å². The molecule has 0 saturated carbocycles. The van der Waals surface area contributed by atoms with Crippen LogP contribution in [0.2, 0.25) is 0 Å². The van der Waals surface area contributed by atoms with Crippen LogP contribution in [0, 0.1) is 0 Å². The molecule has 0 aromatic heterocycles. The Hall–Kier alpha value is -0.410. The zero-order valence-electron chi connectivity index (χ0n) is 12.2. The summed E-state index contributed by atoms with van der Waals surface area (Å²) in [6.07, 6.45) is 9.24. The van der Waals surface area contributed by atoms with Crippen LogP contribution in [0.25, 0.3) is 0 Å². The van der Waals surface area contributed by atoms with E-state index in [2.05, 4.69) is 0 Å². The van der Waals surface area contributed by atoms with Gasteiger partial charge in [0.1, 0.15) is 5.78 Å². The SMILES string of the molecule is C1CCOCC1.C1CCOCC1.CCC(=O)CC. The van der Waals surface area contributed by atoms with Gasteiger partial charge in [-0.05, 0) is 38.5 Å². The molecular formula is C15H30O3. The van der Waals surface area contributed by atoms with E-state index in [0.717, 1.165) is 26.4 Å². The number of hydrogen-bond acceptors (Lipinski definition) is 3. The summed E-state index contributed by atoms with van der Waals surface area (Å²) in [7, 11) is 0. The van der Waals surface area contributed by atoms with Gasteiger partial charge in [-0.2, -0.15) is 0 Å². The van der Waals surface area contributed by atoms with E-state index in [-0.39, 0.29) is 0 Å². The fraction of sp³-hybridized carbons (Fsp3) is 0.933. The second-order valence-electron chi connectivity index (χ2n) is 4.59. The molecule has 3 heteroatoms. The lowest BCUT2D eigenvalue weighted by molar-refractivity contribution is -0.118. The molecule has 0 radical (unpaired) electrons. The highest BCUT2D eigenvalue weighted by molar-refractivity contribution is 5.77. The van der Waals surface area contributed by atoms with Crippen molar-refractivity contribution in [1.82, 2.24) is 0 Å². The van der Waals surface area contributed by atoms with Gasteiger partial charge in [-0.25, -0.2) is 0 Å². The maximum atomic E-state index is 10.2. The monoisotopic (exact) mass is 258 g/mol. The van der Waals surface area contributed by atoms with Gasteiger partial charge in [0.25, 0.3) is 0 Å². The second kappa shape index (κ2) is 14.7. The Morgan fingerprint density at radius 1 is 0.722 bits per heavy atom. The van der Waals surface area contributed by atoms with E-state index in [0.29, 0.717) is 18.6 Å². The predicted molar refractivity (Wildman–Crippen MR) is 74.9 cm³/mol. The summed E-state index contributed by atoms with van der Waals surface area (Å²) in [5.41, 5.74) is 0. The number of carbonyl (C=O) groups is 1. The molecule has 0 spiro atoms. The Labute approximate surface area is 112 Å². The fourth-order valence-corrected chi connectivity index (χ4v) is 1.62. The third-order valence-electron chi connectivity index (χ3n) is 2.94. The lowest BCUT2D eigenvalue weighted by atomic mass is 10.2. The summed E-state index contributed by atoms with van der Waals surface area (Å²) < 4.78 is 10.1. The van der Waals surface area contributed by atoms with Crippen molar-refractivity contribution in [3.63, 3.8) is 0 Å². The van der Waals surface area contributed by atoms with Crippen LogP contribution < -0.4 is 0 Å². The highest BCUT2D eigenvalue weighted by atomic mass is 16.5. The molecule has 3 nitrogen and oxygen atoms in total. The van der Waals surface area contributed by atoms with Crippen LogP contribution in [-0.2, 0) is 14.3 Å². The maximum Gasteiger partial charge on any atom is 0.132 e. The molecule has 0 aromatic carbocycles. The number of rotatable bonds is 2. The molecular weight excluding hydrogens is 228 g/mol. The van der Waals surface area contributed by atoms with Crippen LogP contribution in [0.4, 0.5) is 0 Å². The van der Waals surface area contributed by atoms with Gasteiger partial charge in [0.15, 0.2) is 0 Å². The van der Waals surface area contributed by atoms with Crippen molar-refractivity contribution < 1.29 is 14.3 Å². The summed E-state index contributed by atoms with van der Waals surface area (Å²) in [6, 6.07) is 0. The molecule has 0 atom stereocenters. The van der Waals surface area contributed by atoms with E-state index >= 15 is 0 Å². The third kappa shape index (κ3) is 13.7. The molecule has 2 aliphatic rings. The molecule has 0 aromatic rings. The van der Waals surface area contributed by atoms with Gasteiger partial charge in [0.2, 0.25) is 0 Å². The number of Topliss-reactive ketones (excluding diaryl/α,β-unsaturated/α-hetero) is 1. The molecule has 18 heavy (non-hydrogen) atoms. The Morgan fingerprint density at radius 3 is 1.11 bits per heavy atom. The molecule has 0 aliphatic carbocycles. The van der Waals surface area contributed by atoms with E-state index in [1.165, 1.54) is 38.5 Å². The van der Waals surface area contributed by atoms with Crippen molar-refractivity contribution in [2.75, 3.05) is 26.4 Å². The predicted octanol–water partition coefficient (Wildman–Crippen LogP) is 3.75. The first-order chi connectivity index (χ1) is 8.81. The van der Waals surface area contributed by atoms with Gasteiger partial charge in [-0.1, -0.05) is 13.8 Å². The second-order valence-corrected chi connectivity index (χ2v) is 4.59. The lowest BCUT2D eigenvalue weighted by Gasteiger charge is -2.08. The molecule has 2 heterocycles. The van der Waals surface area contributed by atoms with Gasteiger partial charge in [0, 0.05) is 39.3 Å². The smallest absolute Gasteiger partial charge is 0.132 e. The van der Waals surface area contributed by atoms with Gasteiger partial charge in [-0.3, -0.25) is 4.79 Å². The Morgan fingerprint density at radius 2 is 1.06 bits per heavy atom. The molecule has 0 amide bonds. The Kier molecular flexibility index (Phi) is 14.3. The Balaban J connectivity index is 0.000000241. The summed E-state index contributed by atoms with van der Waals surface area (Å²) in [5.74, 6) is 0.343. The minimum absolute atomic E-state index is 0.343. The van der Waals surface area contributed by atoms with Crippen LogP contribution in [0.3, 0.4) is 0 Å². The number of ether oxygens (including phenoxy) is 2. The van der Waals surface area contributed by atoms with E-state index in [9.17, 15) is 4.79 Å². The van der Waals surface area contributed by atoms with E-state index < -0.39 is 0 Å². The zero-order chi connectivity index (χ0) is 13.5. The molecule has 2 rings (SSSR count). The topological polar surface area (TPSA) is 35.5 Å². The van der Waals surface area contributed by atoms with Crippen molar-refractivity contribution in [3.8, 4) is 0 Å². The standard InChI is InChI=1S/3C5H10O/c2*1-2-4-6-5-3-1;1-3-5(6)4-2/h2*1-5H2;3-4H2,1-2H3. The average molecular weight is 258 g/mol. The van der Waals surface area contributed by atoms with Crippen LogP contribution in [-0.4, -0.2) is 32.2 Å². The first kappa shape index (κ1) is 17.6. The van der Waals surface area contributed by atoms with Crippen LogP contribution in [0.1, 0.15) is 65.2 Å². The third-order valence-corrected chi connectivity index (χ3v) is 2.94. The van der Waals surface area contributed by atoms with Gasteiger partial charge < -0.3 is 9.47 Å². The summed E-state index contributed by atoms with van der Waals surface area (Å²) in [5, 5.41) is 0. The van der Waals surface area contributed by atoms with Crippen molar-refractivity contribution in [1.29, 1.82) is 0 Å². The number of ketones is 1. The quantitative estimate of drug-likeness (QED) is 0.756. The largest absolute Gasteiger partial charge is 0.381 e. The van der Waals surface area contributed by atoms with E-state index in [4.69, 9.17) is 9.47 Å². The molecule has 2 fully saturated rings. The first-order valence-corrected chi connectivity index (χ1v) is 7.48. The van der Waals surface area contributed by atoms with Crippen molar-refractivity contribution in [2.45, 2.75) is 65.2 Å². The van der Waals surface area contributed by atoms with Gasteiger partial charge in [-0.15, -0.1) is 0 Å². The normalized spacial score (nSPS) is 18.8. The fourth-order valence-electron chi connectivity index (χ4n) is 1.62. The van der Waals surface area contributed by atoms with Crippen molar-refractivity contribution in [2.24, 2.45) is 0 Å². The zero-order valence-corrected chi connectivity index (χ0v) is 12.2. The molecule has 0 N–H and O–H groups in total. The average Bonchev–Trinajstić information content (AvgIpc) is 2.51. The van der Waals surface area contributed by atoms with Crippen LogP contribution >= 0.6 is 0 Å². The molecule has 2 saturated heterocycles. The molecule has 108 valence electrons. The molecule has 0 bridgehead atoms. The summed E-state index contributed by atoms with van der Waals surface area (Å²) >= 11 is 0. The molecule has 2 aliphatic heterocycles. The van der Waals surface area contributed by atoms with Gasteiger partial charge in [0.05, 0.1) is 0 Å². The minimum Gasteiger partial charge on any atom is -0.381 e. The highest BCUT2D eigenvalue weighted by Crippen LogP contribution is 2.02. The van der Waals surface area contributed by atoms with E-state index in [1.807, 2.05) is 13.8 Å². The Bertz CT molecular complexity index is 132. The summed E-state index contributed by atoms with van der Waals surface area (Å²) in [4.78, 5) is 10.2. The highest BCUT2D eigenvalue weighted by Gasteiger charge is 1.95. The van der Waals surface area contributed by atoms with Crippen molar-refractivity contribution >= 4 is 5.78 Å². The van der Waals surface area contributed by atoms with E-state index in [1.54, 1.807) is 0 Å².